The minimum atomic E-state index is -0.706. The fourth-order valence-corrected chi connectivity index (χ4v) is 4.88. The first kappa shape index (κ1) is 25.6. The van der Waals surface area contributed by atoms with Gasteiger partial charge >= 0.3 is 6.09 Å². The normalized spacial score (nSPS) is 16.6. The molecule has 36 heavy (non-hydrogen) atoms. The Morgan fingerprint density at radius 1 is 1.17 bits per heavy atom. The van der Waals surface area contributed by atoms with Crippen LogP contribution in [0.15, 0.2) is 48.0 Å². The van der Waals surface area contributed by atoms with Crippen molar-refractivity contribution in [1.29, 1.82) is 5.41 Å². The summed E-state index contributed by atoms with van der Waals surface area (Å²) < 4.78 is 11.8. The van der Waals surface area contributed by atoms with E-state index in [4.69, 9.17) is 26.5 Å². The molecule has 0 saturated carbocycles. The number of hydrogen-bond donors (Lipinski definition) is 3. The van der Waals surface area contributed by atoms with Crippen molar-refractivity contribution in [3.8, 4) is 5.75 Å². The molecule has 2 aliphatic heterocycles. The van der Waals surface area contributed by atoms with Crippen LogP contribution in [0.1, 0.15) is 49.5 Å². The Morgan fingerprint density at radius 3 is 2.50 bits per heavy atom. The van der Waals surface area contributed by atoms with Crippen LogP contribution in [0.25, 0.3) is 5.70 Å². The number of amides is 2. The highest BCUT2D eigenvalue weighted by atomic mass is 35.5. The van der Waals surface area contributed by atoms with Gasteiger partial charge in [0, 0.05) is 55.4 Å². The molecule has 9 heteroatoms. The Morgan fingerprint density at radius 2 is 1.86 bits per heavy atom. The molecule has 1 saturated heterocycles. The number of carbonyl (C=O) groups excluding carboxylic acids is 2. The van der Waals surface area contributed by atoms with Gasteiger partial charge in [-0.3, -0.25) is 10.1 Å². The van der Waals surface area contributed by atoms with Crippen molar-refractivity contribution in [2.75, 3.05) is 25.5 Å². The molecule has 4 rings (SSSR count). The topological polar surface area (TPSA) is 104 Å². The molecule has 0 atom stereocenters. The first-order chi connectivity index (χ1) is 17.1. The van der Waals surface area contributed by atoms with Gasteiger partial charge in [0.2, 0.25) is 0 Å². The molecular weight excluding hydrogens is 480 g/mol. The number of piperidine rings is 1. The summed E-state index contributed by atoms with van der Waals surface area (Å²) in [7, 11) is 1.84. The van der Waals surface area contributed by atoms with E-state index in [1.807, 2.05) is 31.3 Å². The monoisotopic (exact) mass is 510 g/mol. The van der Waals surface area contributed by atoms with Crippen LogP contribution in [0.5, 0.6) is 5.75 Å². The summed E-state index contributed by atoms with van der Waals surface area (Å²) in [6, 6.07) is 12.5. The molecule has 2 aromatic rings. The second-order valence-corrected chi connectivity index (χ2v) is 10.3. The number of nitrogens with zero attached hydrogens (tertiary/aromatic N) is 1. The molecule has 2 heterocycles. The number of fused-ring (bicyclic) bond motifs is 1. The maximum absolute atomic E-state index is 13.5. The number of carbonyl (C=O) groups is 2. The van der Waals surface area contributed by atoms with E-state index in [1.165, 1.54) is 6.21 Å². The van der Waals surface area contributed by atoms with Crippen LogP contribution in [-0.4, -0.2) is 54.5 Å². The molecule has 8 nitrogen and oxygen atoms in total. The first-order valence-electron chi connectivity index (χ1n) is 11.9. The van der Waals surface area contributed by atoms with Gasteiger partial charge in [0.05, 0.1) is 16.9 Å². The average Bonchev–Trinajstić information content (AvgIpc) is 2.82. The van der Waals surface area contributed by atoms with E-state index in [-0.39, 0.29) is 5.91 Å². The van der Waals surface area contributed by atoms with Crippen LogP contribution in [0, 0.1) is 5.41 Å². The van der Waals surface area contributed by atoms with Crippen molar-refractivity contribution in [3.63, 3.8) is 0 Å². The maximum Gasteiger partial charge on any atom is 0.412 e. The number of benzene rings is 2. The molecule has 0 aromatic heterocycles. The molecule has 2 amide bonds. The number of likely N-dealkylation sites (tertiary alicyclic amines) is 1. The third kappa shape index (κ3) is 5.04. The smallest absolute Gasteiger partial charge is 0.412 e. The van der Waals surface area contributed by atoms with E-state index in [1.54, 1.807) is 43.9 Å². The van der Waals surface area contributed by atoms with E-state index in [0.717, 1.165) is 22.6 Å². The van der Waals surface area contributed by atoms with Crippen LogP contribution in [-0.2, 0) is 4.74 Å². The van der Waals surface area contributed by atoms with Gasteiger partial charge in [-0.05, 0) is 51.1 Å². The summed E-state index contributed by atoms with van der Waals surface area (Å²) in [5.41, 5.74) is 1.79. The van der Waals surface area contributed by atoms with Gasteiger partial charge in [-0.2, -0.15) is 0 Å². The summed E-state index contributed by atoms with van der Waals surface area (Å²) in [5.74, 6) is 0.534. The quantitative estimate of drug-likeness (QED) is 0.482. The van der Waals surface area contributed by atoms with Crippen LogP contribution in [0.2, 0.25) is 5.02 Å². The predicted octanol–water partition coefficient (Wildman–Crippen LogP) is 5.33. The molecule has 0 radical (unpaired) electrons. The van der Waals surface area contributed by atoms with Crippen molar-refractivity contribution in [3.05, 3.63) is 64.2 Å². The zero-order valence-electron chi connectivity index (χ0n) is 20.9. The summed E-state index contributed by atoms with van der Waals surface area (Å²) in [6.07, 6.45) is 1.73. The molecular formula is C27H31ClN4O4. The third-order valence-corrected chi connectivity index (χ3v) is 6.56. The minimum absolute atomic E-state index is 0.224. The van der Waals surface area contributed by atoms with Crippen LogP contribution >= 0.6 is 11.6 Å². The second-order valence-electron chi connectivity index (χ2n) is 9.88. The number of nitrogens with one attached hydrogen (secondary N) is 3. The standard InChI is InChI=1S/C27H31ClN4O4/c1-26(2,3)36-25(34)31-21-15-17(28)9-10-18(21)24(33)32-13-11-27(12-14-32)20(16-29)23(30-4)19-7-5-6-8-22(19)35-27/h5-10,15-16,29-30H,11-14H2,1-4H3,(H,31,34). The first-order valence-corrected chi connectivity index (χ1v) is 12.2. The van der Waals surface area contributed by atoms with E-state index in [9.17, 15) is 9.59 Å². The van der Waals surface area contributed by atoms with Crippen LogP contribution < -0.4 is 15.4 Å². The van der Waals surface area contributed by atoms with Gasteiger partial charge in [-0.1, -0.05) is 23.7 Å². The van der Waals surface area contributed by atoms with Gasteiger partial charge in [0.25, 0.3) is 5.91 Å². The van der Waals surface area contributed by atoms with Crippen molar-refractivity contribution < 1.29 is 19.1 Å². The van der Waals surface area contributed by atoms with Gasteiger partial charge < -0.3 is 25.1 Å². The zero-order valence-corrected chi connectivity index (χ0v) is 21.7. The Kier molecular flexibility index (Phi) is 7.00. The van der Waals surface area contributed by atoms with Gasteiger partial charge in [-0.25, -0.2) is 4.79 Å². The lowest BCUT2D eigenvalue weighted by molar-refractivity contribution is 0.0292. The van der Waals surface area contributed by atoms with Gasteiger partial charge in [-0.15, -0.1) is 0 Å². The molecule has 3 N–H and O–H groups in total. The van der Waals surface area contributed by atoms with Crippen molar-refractivity contribution in [1.82, 2.24) is 10.2 Å². The molecule has 0 unspecified atom stereocenters. The Labute approximate surface area is 216 Å². The Bertz CT molecular complexity index is 1230. The molecule has 2 aromatic carbocycles. The Hall–Kier alpha value is -3.52. The van der Waals surface area contributed by atoms with E-state index in [2.05, 4.69) is 10.6 Å². The zero-order chi connectivity index (χ0) is 26.1. The number of halogens is 1. The second kappa shape index (κ2) is 9.85. The molecule has 0 bridgehead atoms. The van der Waals surface area contributed by atoms with Crippen LogP contribution in [0.3, 0.4) is 0 Å². The molecule has 2 aliphatic rings. The fourth-order valence-electron chi connectivity index (χ4n) is 4.71. The van der Waals surface area contributed by atoms with Crippen molar-refractivity contribution in [2.45, 2.75) is 44.8 Å². The highest BCUT2D eigenvalue weighted by molar-refractivity contribution is 6.31. The van der Waals surface area contributed by atoms with E-state index in [0.29, 0.717) is 42.2 Å². The molecule has 0 aliphatic carbocycles. The van der Waals surface area contributed by atoms with Crippen molar-refractivity contribution >= 4 is 41.2 Å². The van der Waals surface area contributed by atoms with E-state index >= 15 is 0 Å². The summed E-state index contributed by atoms with van der Waals surface area (Å²) in [4.78, 5) is 27.6. The highest BCUT2D eigenvalue weighted by Gasteiger charge is 2.45. The minimum Gasteiger partial charge on any atom is -0.482 e. The maximum atomic E-state index is 13.5. The lowest BCUT2D eigenvalue weighted by atomic mass is 9.80. The summed E-state index contributed by atoms with van der Waals surface area (Å²) >= 11 is 6.16. The number of hydrogen-bond acceptors (Lipinski definition) is 6. The third-order valence-electron chi connectivity index (χ3n) is 6.32. The average molecular weight is 511 g/mol. The van der Waals surface area contributed by atoms with Gasteiger partial charge in [0.15, 0.2) is 0 Å². The number of anilines is 1. The predicted molar refractivity (Wildman–Crippen MR) is 141 cm³/mol. The summed E-state index contributed by atoms with van der Waals surface area (Å²) in [5, 5.41) is 14.4. The van der Waals surface area contributed by atoms with Crippen molar-refractivity contribution in [2.24, 2.45) is 0 Å². The van der Waals surface area contributed by atoms with E-state index < -0.39 is 17.3 Å². The molecule has 1 spiro atoms. The number of rotatable bonds is 4. The lowest BCUT2D eigenvalue weighted by Gasteiger charge is -2.45. The Balaban J connectivity index is 1.56. The summed E-state index contributed by atoms with van der Waals surface area (Å²) in [6.45, 7) is 6.14. The SMILES string of the molecule is CNC1=C(C=N)C2(CCN(C(=O)c3ccc(Cl)cc3NC(=O)OC(C)(C)C)CC2)Oc2ccccc21. The molecule has 190 valence electrons. The molecule has 1 fully saturated rings. The lowest BCUT2D eigenvalue weighted by Crippen LogP contribution is -2.53. The highest BCUT2D eigenvalue weighted by Crippen LogP contribution is 2.44. The van der Waals surface area contributed by atoms with Crippen LogP contribution in [0.4, 0.5) is 10.5 Å². The van der Waals surface area contributed by atoms with Gasteiger partial charge in [0.1, 0.15) is 17.0 Å². The number of ether oxygens (including phenoxy) is 2. The largest absolute Gasteiger partial charge is 0.482 e. The fraction of sp³-hybridized carbons (Fsp3) is 0.370. The number of para-hydroxylation sites is 1.